The van der Waals surface area contributed by atoms with E-state index in [2.05, 4.69) is 16.0 Å². The van der Waals surface area contributed by atoms with Crippen molar-refractivity contribution in [3.8, 4) is 0 Å². The van der Waals surface area contributed by atoms with Crippen molar-refractivity contribution in [3.05, 3.63) is 0 Å². The van der Waals surface area contributed by atoms with Gasteiger partial charge >= 0.3 is 6.09 Å². The molecule has 0 bridgehead atoms. The summed E-state index contributed by atoms with van der Waals surface area (Å²) in [4.78, 5) is 37.5. The van der Waals surface area contributed by atoms with Gasteiger partial charge in [-0.3, -0.25) is 14.1 Å². The highest BCUT2D eigenvalue weighted by Gasteiger charge is 2.39. The molecule has 14 heteroatoms. The number of halogens is 2. The minimum absolute atomic E-state index is 0.0930. The summed E-state index contributed by atoms with van der Waals surface area (Å²) in [7, 11) is -4.97. The summed E-state index contributed by atoms with van der Waals surface area (Å²) >= 11 is 0. The number of amides is 3. The number of aliphatic hydroxyl groups is 1. The largest absolute Gasteiger partial charge is 0.446 e. The van der Waals surface area contributed by atoms with Gasteiger partial charge in [0, 0.05) is 25.3 Å². The quantitative estimate of drug-likeness (QED) is 0.245. The highest BCUT2D eigenvalue weighted by atomic mass is 32.2. The van der Waals surface area contributed by atoms with Gasteiger partial charge < -0.3 is 25.8 Å². The minimum Gasteiger partial charge on any atom is -0.446 e. The Labute approximate surface area is 209 Å². The Morgan fingerprint density at radius 3 is 2.28 bits per heavy atom. The van der Waals surface area contributed by atoms with E-state index in [0.29, 0.717) is 13.0 Å². The van der Waals surface area contributed by atoms with Crippen LogP contribution < -0.4 is 16.0 Å². The Bertz CT molecular complexity index is 892. The summed E-state index contributed by atoms with van der Waals surface area (Å²) in [6.45, 7) is 5.51. The van der Waals surface area contributed by atoms with Gasteiger partial charge in [0.2, 0.25) is 23.2 Å². The van der Waals surface area contributed by atoms with Gasteiger partial charge in [-0.1, -0.05) is 13.8 Å². The van der Waals surface area contributed by atoms with Crippen LogP contribution in [-0.2, 0) is 24.4 Å². The Morgan fingerprint density at radius 1 is 1.17 bits per heavy atom. The van der Waals surface area contributed by atoms with Crippen LogP contribution in [0.2, 0.25) is 0 Å². The van der Waals surface area contributed by atoms with E-state index in [1.165, 1.54) is 0 Å². The van der Waals surface area contributed by atoms with Crippen molar-refractivity contribution >= 4 is 28.0 Å². The van der Waals surface area contributed by atoms with E-state index >= 15 is 0 Å². The molecule has 1 saturated heterocycles. The predicted molar refractivity (Wildman–Crippen MR) is 124 cm³/mol. The van der Waals surface area contributed by atoms with Crippen LogP contribution in [-0.4, -0.2) is 72.1 Å². The fourth-order valence-corrected chi connectivity index (χ4v) is 5.18. The standard InChI is InChI=1S/C22H37F2N3O8S/c1-12(2)10-16(27-21(31)35-13(3)14-4-7-22(23,24)8-5-14)19(29)26-17(20(30)36(32,33)34)11-15-6-9-25-18(15)28/h12-17,20,30H,4-11H2,1-3H3,(H,25,28)(H,26,29)(H,27,31)(H,32,33,34)/t13-,15-,16-,17-,20+/m0/s1. The lowest BCUT2D eigenvalue weighted by Gasteiger charge is -2.32. The lowest BCUT2D eigenvalue weighted by molar-refractivity contribution is -0.126. The number of hydrogen-bond donors (Lipinski definition) is 5. The van der Waals surface area contributed by atoms with Gasteiger partial charge in [-0.15, -0.1) is 0 Å². The lowest BCUT2D eigenvalue weighted by atomic mass is 9.84. The Balaban J connectivity index is 2.06. The van der Waals surface area contributed by atoms with Gasteiger partial charge in [-0.2, -0.15) is 8.42 Å². The van der Waals surface area contributed by atoms with E-state index in [0.717, 1.165) is 0 Å². The van der Waals surface area contributed by atoms with Crippen molar-refractivity contribution in [1.82, 2.24) is 16.0 Å². The van der Waals surface area contributed by atoms with Crippen molar-refractivity contribution in [2.45, 2.75) is 95.3 Å². The molecule has 3 amide bonds. The van der Waals surface area contributed by atoms with Crippen LogP contribution in [0, 0.1) is 17.8 Å². The Kier molecular flexibility index (Phi) is 10.4. The van der Waals surface area contributed by atoms with E-state index in [9.17, 15) is 41.2 Å². The maximum absolute atomic E-state index is 13.4. The molecule has 5 atom stereocenters. The van der Waals surface area contributed by atoms with Crippen LogP contribution in [0.4, 0.5) is 13.6 Å². The average Bonchev–Trinajstić information content (AvgIpc) is 3.15. The molecule has 1 aliphatic carbocycles. The van der Waals surface area contributed by atoms with Crippen molar-refractivity contribution in [1.29, 1.82) is 0 Å². The Hall–Kier alpha value is -2.06. The van der Waals surface area contributed by atoms with Gasteiger partial charge in [0.1, 0.15) is 12.1 Å². The zero-order valence-electron chi connectivity index (χ0n) is 20.7. The van der Waals surface area contributed by atoms with Gasteiger partial charge in [0.25, 0.3) is 10.1 Å². The molecule has 208 valence electrons. The van der Waals surface area contributed by atoms with Gasteiger partial charge in [0.15, 0.2) is 0 Å². The van der Waals surface area contributed by atoms with Crippen molar-refractivity contribution < 1.29 is 46.0 Å². The molecule has 5 N–H and O–H groups in total. The zero-order chi connectivity index (χ0) is 27.3. The SMILES string of the molecule is CC(C)C[C@H](NC(=O)O[C@@H](C)C1CCC(F)(F)CC1)C(=O)N[C@@H](C[C@@H]1CCNC1=O)[C@H](O)S(=O)(=O)O. The van der Waals surface area contributed by atoms with E-state index in [4.69, 9.17) is 4.74 Å². The molecule has 1 saturated carbocycles. The van der Waals surface area contributed by atoms with Crippen LogP contribution >= 0.6 is 0 Å². The van der Waals surface area contributed by atoms with E-state index in [1.54, 1.807) is 20.8 Å². The number of alkyl carbamates (subject to hydrolysis) is 1. The van der Waals surface area contributed by atoms with E-state index < -0.39 is 57.6 Å². The van der Waals surface area contributed by atoms with Gasteiger partial charge in [0.05, 0.1) is 6.04 Å². The first-order valence-electron chi connectivity index (χ1n) is 12.2. The maximum Gasteiger partial charge on any atom is 0.408 e. The third-order valence-electron chi connectivity index (χ3n) is 6.71. The lowest BCUT2D eigenvalue weighted by Crippen LogP contribution is -2.55. The highest BCUT2D eigenvalue weighted by molar-refractivity contribution is 7.86. The fourth-order valence-electron chi connectivity index (χ4n) is 4.59. The highest BCUT2D eigenvalue weighted by Crippen LogP contribution is 2.38. The molecule has 2 fully saturated rings. The van der Waals surface area contributed by atoms with Gasteiger partial charge in [-0.25, -0.2) is 13.6 Å². The van der Waals surface area contributed by atoms with Gasteiger partial charge in [-0.05, 0) is 50.9 Å². The summed E-state index contributed by atoms with van der Waals surface area (Å²) in [5.41, 5.74) is -2.38. The number of hydrogen-bond acceptors (Lipinski definition) is 7. The number of rotatable bonds is 11. The summed E-state index contributed by atoms with van der Waals surface area (Å²) in [6.07, 6.45) is -1.56. The third-order valence-corrected chi connectivity index (χ3v) is 7.65. The van der Waals surface area contributed by atoms with E-state index in [-0.39, 0.29) is 56.3 Å². The molecular formula is C22H37F2N3O8S. The molecule has 2 rings (SSSR count). The first-order valence-corrected chi connectivity index (χ1v) is 13.7. The van der Waals surface area contributed by atoms with Crippen LogP contribution in [0.3, 0.4) is 0 Å². The first-order chi connectivity index (χ1) is 16.6. The second-order valence-electron chi connectivity index (χ2n) is 10.2. The number of carbonyl (C=O) groups is 3. The summed E-state index contributed by atoms with van der Waals surface area (Å²) in [5, 5.41) is 17.5. The minimum atomic E-state index is -4.97. The zero-order valence-corrected chi connectivity index (χ0v) is 21.5. The monoisotopic (exact) mass is 541 g/mol. The number of alkyl halides is 2. The Morgan fingerprint density at radius 2 is 1.78 bits per heavy atom. The average molecular weight is 542 g/mol. The van der Waals surface area contributed by atoms with Crippen molar-refractivity contribution in [3.63, 3.8) is 0 Å². The fraction of sp³-hybridized carbons (Fsp3) is 0.864. The maximum atomic E-state index is 13.4. The van der Waals surface area contributed by atoms with Crippen LogP contribution in [0.5, 0.6) is 0 Å². The molecule has 1 heterocycles. The molecule has 0 unspecified atom stereocenters. The van der Waals surface area contributed by atoms with Crippen molar-refractivity contribution in [2.75, 3.05) is 6.54 Å². The second kappa shape index (κ2) is 12.5. The van der Waals surface area contributed by atoms with E-state index in [1.807, 2.05) is 0 Å². The molecule has 0 aromatic rings. The third kappa shape index (κ3) is 9.11. The number of nitrogens with one attached hydrogen (secondary N) is 3. The van der Waals surface area contributed by atoms with Crippen molar-refractivity contribution in [2.24, 2.45) is 17.8 Å². The van der Waals surface area contributed by atoms with Crippen LogP contribution in [0.15, 0.2) is 0 Å². The first kappa shape index (κ1) is 30.2. The normalized spacial score (nSPS) is 23.9. The topological polar surface area (TPSA) is 171 Å². The molecule has 2 aliphatic rings. The molecule has 11 nitrogen and oxygen atoms in total. The summed E-state index contributed by atoms with van der Waals surface area (Å²) in [6, 6.07) is -2.70. The number of ether oxygens (including phenoxy) is 1. The van der Waals surface area contributed by atoms with Crippen LogP contribution in [0.1, 0.15) is 65.7 Å². The molecule has 1 aliphatic heterocycles. The molecule has 0 radical (unpaired) electrons. The smallest absolute Gasteiger partial charge is 0.408 e. The summed E-state index contributed by atoms with van der Waals surface area (Å²) in [5.74, 6) is -4.95. The molecule has 0 aromatic carbocycles. The molecule has 0 spiro atoms. The molecular weight excluding hydrogens is 504 g/mol. The summed E-state index contributed by atoms with van der Waals surface area (Å²) < 4.78 is 64.6. The van der Waals surface area contributed by atoms with Crippen LogP contribution in [0.25, 0.3) is 0 Å². The predicted octanol–water partition coefficient (Wildman–Crippen LogP) is 1.56. The molecule has 0 aromatic heterocycles. The number of aliphatic hydroxyl groups excluding tert-OH is 1. The molecule has 36 heavy (non-hydrogen) atoms. The second-order valence-corrected chi connectivity index (χ2v) is 11.7. The number of carbonyl (C=O) groups excluding carboxylic acids is 3.